The first kappa shape index (κ1) is 21.3. The summed E-state index contributed by atoms with van der Waals surface area (Å²) in [4.78, 5) is 9.40. The van der Waals surface area contributed by atoms with Crippen LogP contribution >= 0.6 is 0 Å². The van der Waals surface area contributed by atoms with Crippen LogP contribution in [0.4, 0.5) is 5.69 Å². The third-order valence-corrected chi connectivity index (χ3v) is 3.99. The minimum Gasteiger partial charge on any atom is -0.670 e. The van der Waals surface area contributed by atoms with Gasteiger partial charge in [0.15, 0.2) is 5.91 Å². The van der Waals surface area contributed by atoms with E-state index in [1.807, 2.05) is 18.2 Å². The molecule has 1 aliphatic rings. The van der Waals surface area contributed by atoms with Crippen molar-refractivity contribution in [2.24, 2.45) is 11.1 Å². The van der Waals surface area contributed by atoms with Crippen molar-refractivity contribution in [2.75, 3.05) is 12.3 Å². The summed E-state index contributed by atoms with van der Waals surface area (Å²) in [6.07, 6.45) is 3.40. The standard InChI is InChI=1S/C15H19N3.C2H5N2O.K/c1-15(2)7-6-12-13(9-15)17-18-14(12)10-4-3-5-11(16)8-10;3-1-2(4)5;/h3-5,8H,6-7,9,16H2,1-2H3,(H,17,18);3H,1H2,(H2,4,5);/q;-1;+1. The summed E-state index contributed by atoms with van der Waals surface area (Å²) in [5, 5.41) is 7.70. The second-order valence-corrected chi connectivity index (χ2v) is 6.64. The van der Waals surface area contributed by atoms with Crippen LogP contribution in [0.3, 0.4) is 0 Å². The zero-order chi connectivity index (χ0) is 17.0. The summed E-state index contributed by atoms with van der Waals surface area (Å²) < 4.78 is 0. The number of carbonyl (C=O) groups excluding carboxylic acids is 1. The van der Waals surface area contributed by atoms with Crippen molar-refractivity contribution in [2.45, 2.75) is 33.1 Å². The molecule has 1 aromatic heterocycles. The number of fused-ring (bicyclic) bond motifs is 1. The van der Waals surface area contributed by atoms with E-state index in [1.54, 1.807) is 0 Å². The number of rotatable bonds is 2. The summed E-state index contributed by atoms with van der Waals surface area (Å²) >= 11 is 0. The van der Waals surface area contributed by atoms with Crippen molar-refractivity contribution in [1.82, 2.24) is 10.2 Å². The van der Waals surface area contributed by atoms with Gasteiger partial charge in [-0.25, -0.2) is 0 Å². The van der Waals surface area contributed by atoms with E-state index in [9.17, 15) is 4.79 Å². The molecule has 1 aromatic carbocycles. The van der Waals surface area contributed by atoms with Crippen LogP contribution in [0.15, 0.2) is 24.3 Å². The average Bonchev–Trinajstić information content (AvgIpc) is 2.89. The molecule has 0 bridgehead atoms. The molecule has 1 aliphatic carbocycles. The zero-order valence-electron chi connectivity index (χ0n) is 14.6. The van der Waals surface area contributed by atoms with E-state index in [0.717, 1.165) is 29.8 Å². The molecule has 0 saturated carbocycles. The van der Waals surface area contributed by atoms with Crippen molar-refractivity contribution in [3.63, 3.8) is 0 Å². The third kappa shape index (κ3) is 5.68. The Morgan fingerprint density at radius 3 is 2.67 bits per heavy atom. The Hall–Kier alpha value is -0.704. The van der Waals surface area contributed by atoms with Crippen molar-refractivity contribution < 1.29 is 56.2 Å². The molecule has 1 amide bonds. The Morgan fingerprint density at radius 2 is 2.08 bits per heavy atom. The van der Waals surface area contributed by atoms with Gasteiger partial charge in [0.25, 0.3) is 0 Å². The maximum absolute atomic E-state index is 9.40. The van der Waals surface area contributed by atoms with Crippen molar-refractivity contribution >= 4 is 11.6 Å². The number of nitrogen functional groups attached to an aromatic ring is 1. The number of nitrogens with two attached hydrogens (primary N) is 2. The predicted molar refractivity (Wildman–Crippen MR) is 92.6 cm³/mol. The number of H-pyrrole nitrogens is 1. The first-order valence-corrected chi connectivity index (χ1v) is 7.67. The fourth-order valence-electron chi connectivity index (χ4n) is 2.77. The largest absolute Gasteiger partial charge is 1.00 e. The number of nitrogens with one attached hydrogen (secondary N) is 2. The molecule has 6 nitrogen and oxygen atoms in total. The molecule has 0 unspecified atom stereocenters. The van der Waals surface area contributed by atoms with Crippen LogP contribution in [0.1, 0.15) is 31.5 Å². The normalized spacial score (nSPS) is 14.6. The van der Waals surface area contributed by atoms with Gasteiger partial charge in [-0.15, -0.1) is 0 Å². The second kappa shape index (κ2) is 9.12. The number of amides is 1. The molecule has 0 atom stereocenters. The van der Waals surface area contributed by atoms with Gasteiger partial charge in [-0.1, -0.05) is 32.5 Å². The Morgan fingerprint density at radius 1 is 1.42 bits per heavy atom. The molecule has 0 aliphatic heterocycles. The minimum absolute atomic E-state index is 0. The van der Waals surface area contributed by atoms with E-state index in [1.165, 1.54) is 17.7 Å². The van der Waals surface area contributed by atoms with E-state index in [2.05, 4.69) is 35.8 Å². The molecule has 6 N–H and O–H groups in total. The fourth-order valence-corrected chi connectivity index (χ4v) is 2.77. The molecule has 3 rings (SSSR count). The molecule has 1 heterocycles. The number of nitrogens with zero attached hydrogens (tertiary/aromatic N) is 1. The van der Waals surface area contributed by atoms with Gasteiger partial charge in [-0.3, -0.25) is 9.89 Å². The van der Waals surface area contributed by atoms with Gasteiger partial charge in [0, 0.05) is 22.5 Å². The second-order valence-electron chi connectivity index (χ2n) is 6.64. The first-order chi connectivity index (χ1) is 10.8. The number of benzene rings is 1. The Bertz CT molecular complexity index is 696. The van der Waals surface area contributed by atoms with Gasteiger partial charge in [0.05, 0.1) is 5.69 Å². The quantitative estimate of drug-likeness (QED) is 0.507. The molecule has 124 valence electrons. The molecule has 24 heavy (non-hydrogen) atoms. The van der Waals surface area contributed by atoms with E-state index >= 15 is 0 Å². The molecule has 0 fully saturated rings. The van der Waals surface area contributed by atoms with Crippen LogP contribution in [0.5, 0.6) is 0 Å². The number of aromatic amines is 1. The number of carbonyl (C=O) groups is 1. The SMILES string of the molecule is CC1(C)CCc2c(-c3cccc(N)c3)n[nH]c2C1.[K+].[NH-]CC(N)=O. The third-order valence-electron chi connectivity index (χ3n) is 3.99. The summed E-state index contributed by atoms with van der Waals surface area (Å²) in [5.74, 6) is -0.579. The number of aromatic nitrogens is 2. The molecule has 0 radical (unpaired) electrons. The molecular weight excluding hydrogens is 329 g/mol. The number of anilines is 1. The maximum Gasteiger partial charge on any atom is 1.00 e. The van der Waals surface area contributed by atoms with Gasteiger partial charge in [0.2, 0.25) is 0 Å². The Kier molecular flexibility index (Phi) is 8.11. The van der Waals surface area contributed by atoms with E-state index < -0.39 is 5.91 Å². The zero-order valence-corrected chi connectivity index (χ0v) is 17.8. The predicted octanol–water partition coefficient (Wildman–Crippen LogP) is -0.298. The van der Waals surface area contributed by atoms with Gasteiger partial charge in [0.1, 0.15) is 0 Å². The minimum atomic E-state index is -0.579. The van der Waals surface area contributed by atoms with Crippen LogP contribution in [0, 0.1) is 5.41 Å². The van der Waals surface area contributed by atoms with E-state index in [0.29, 0.717) is 5.41 Å². The van der Waals surface area contributed by atoms with Gasteiger partial charge in [-0.05, 0) is 36.8 Å². The van der Waals surface area contributed by atoms with Crippen LogP contribution in [-0.4, -0.2) is 22.6 Å². The maximum atomic E-state index is 9.40. The number of hydrogen-bond donors (Lipinski definition) is 3. The van der Waals surface area contributed by atoms with Crippen molar-refractivity contribution in [1.29, 1.82) is 0 Å². The number of primary amides is 1. The van der Waals surface area contributed by atoms with Crippen LogP contribution in [0.25, 0.3) is 17.0 Å². The summed E-state index contributed by atoms with van der Waals surface area (Å²) in [7, 11) is 0. The monoisotopic (exact) mass is 353 g/mol. The first-order valence-electron chi connectivity index (χ1n) is 7.67. The molecular formula is C17H24KN5O. The van der Waals surface area contributed by atoms with Gasteiger partial charge >= 0.3 is 51.4 Å². The smallest absolute Gasteiger partial charge is 0.670 e. The van der Waals surface area contributed by atoms with Crippen molar-refractivity contribution in [3.8, 4) is 11.3 Å². The average molecular weight is 354 g/mol. The van der Waals surface area contributed by atoms with Crippen LogP contribution < -0.4 is 62.9 Å². The van der Waals surface area contributed by atoms with Gasteiger partial charge < -0.3 is 17.2 Å². The van der Waals surface area contributed by atoms with E-state index in [4.69, 9.17) is 11.5 Å². The summed E-state index contributed by atoms with van der Waals surface area (Å²) in [6.45, 7) is 4.33. The van der Waals surface area contributed by atoms with Crippen LogP contribution in [-0.2, 0) is 17.6 Å². The number of hydrogen-bond acceptors (Lipinski definition) is 3. The topological polar surface area (TPSA) is 122 Å². The molecule has 2 aromatic rings. The van der Waals surface area contributed by atoms with E-state index in [-0.39, 0.29) is 57.9 Å². The summed E-state index contributed by atoms with van der Waals surface area (Å²) in [6, 6.07) is 7.97. The molecule has 0 spiro atoms. The van der Waals surface area contributed by atoms with Crippen LogP contribution in [0.2, 0.25) is 0 Å². The summed E-state index contributed by atoms with van der Waals surface area (Å²) in [5.41, 5.74) is 22.5. The fraction of sp³-hybridized carbons (Fsp3) is 0.412. The molecule has 0 saturated heterocycles. The van der Waals surface area contributed by atoms with Crippen molar-refractivity contribution in [3.05, 3.63) is 41.3 Å². The Balaban J connectivity index is 0.000000425. The molecule has 7 heteroatoms. The van der Waals surface area contributed by atoms with Gasteiger partial charge in [-0.2, -0.15) is 5.10 Å². The Labute approximate surface area is 185 Å².